The zero-order valence-corrected chi connectivity index (χ0v) is 19.3. The molecule has 3 aromatic rings. The lowest BCUT2D eigenvalue weighted by Gasteiger charge is -2.20. The number of nitrogens with zero attached hydrogens (tertiary/aromatic N) is 3. The molecule has 1 amide bonds. The van der Waals surface area contributed by atoms with Gasteiger partial charge in [0.25, 0.3) is 0 Å². The zero-order chi connectivity index (χ0) is 23.4. The van der Waals surface area contributed by atoms with Crippen LogP contribution in [0.1, 0.15) is 12.0 Å². The summed E-state index contributed by atoms with van der Waals surface area (Å²) in [5.74, 6) is -1.19. The van der Waals surface area contributed by atoms with Gasteiger partial charge in [0, 0.05) is 28.2 Å². The maximum atomic E-state index is 12.6. The molecule has 1 aromatic heterocycles. The largest absolute Gasteiger partial charge is 0.469 e. The third-order valence-corrected chi connectivity index (χ3v) is 5.48. The van der Waals surface area contributed by atoms with Crippen LogP contribution in [-0.4, -0.2) is 31.0 Å². The highest BCUT2D eigenvalue weighted by atomic mass is 35.5. The minimum atomic E-state index is -0.695. The molecule has 0 fully saturated rings. The van der Waals surface area contributed by atoms with E-state index in [4.69, 9.17) is 34.8 Å². The number of pyridine rings is 1. The predicted octanol–water partition coefficient (Wildman–Crippen LogP) is 5.77. The molecule has 9 heteroatoms. The number of esters is 1. The van der Waals surface area contributed by atoms with Crippen molar-refractivity contribution < 1.29 is 14.3 Å². The average Bonchev–Trinajstić information content (AvgIpc) is 2.78. The van der Waals surface area contributed by atoms with Crippen molar-refractivity contribution in [2.24, 2.45) is 0 Å². The van der Waals surface area contributed by atoms with E-state index in [1.807, 2.05) is 0 Å². The number of methoxy groups -OCH3 is 1. The number of carbonyl (C=O) groups excluding carboxylic acids is 2. The number of aromatic nitrogens is 1. The number of benzene rings is 2. The van der Waals surface area contributed by atoms with Gasteiger partial charge in [-0.25, -0.2) is 4.98 Å². The Kier molecular flexibility index (Phi) is 7.37. The summed E-state index contributed by atoms with van der Waals surface area (Å²) in [7, 11) is 2.62. The van der Waals surface area contributed by atoms with Gasteiger partial charge >= 0.3 is 5.97 Å². The number of carbonyl (C=O) groups is 2. The van der Waals surface area contributed by atoms with E-state index in [0.29, 0.717) is 31.9 Å². The number of rotatable bonds is 5. The van der Waals surface area contributed by atoms with E-state index in [1.165, 1.54) is 14.2 Å². The fraction of sp³-hybridized carbons (Fsp3) is 0.130. The number of hydrogen-bond acceptors (Lipinski definition) is 5. The smallest absolute Gasteiger partial charge is 0.315 e. The number of anilines is 1. The lowest BCUT2D eigenvalue weighted by atomic mass is 9.97. The molecule has 3 rings (SSSR count). The van der Waals surface area contributed by atoms with Crippen LogP contribution in [0.15, 0.2) is 48.5 Å². The monoisotopic (exact) mass is 487 g/mol. The van der Waals surface area contributed by atoms with Crippen molar-refractivity contribution in [3.05, 3.63) is 69.2 Å². The highest BCUT2D eigenvalue weighted by Gasteiger charge is 2.23. The molecule has 32 heavy (non-hydrogen) atoms. The first-order valence-corrected chi connectivity index (χ1v) is 10.4. The van der Waals surface area contributed by atoms with Crippen molar-refractivity contribution in [1.29, 1.82) is 5.26 Å². The third-order valence-electron chi connectivity index (χ3n) is 4.68. The van der Waals surface area contributed by atoms with Gasteiger partial charge in [-0.15, -0.1) is 0 Å². The van der Waals surface area contributed by atoms with E-state index in [-0.39, 0.29) is 11.4 Å². The summed E-state index contributed by atoms with van der Waals surface area (Å²) in [6, 6.07) is 15.7. The van der Waals surface area contributed by atoms with Crippen LogP contribution >= 0.6 is 34.8 Å². The topological polar surface area (TPSA) is 83.3 Å². The minimum Gasteiger partial charge on any atom is -0.469 e. The van der Waals surface area contributed by atoms with E-state index in [0.717, 1.165) is 10.5 Å². The van der Waals surface area contributed by atoms with Crippen molar-refractivity contribution in [2.75, 3.05) is 19.1 Å². The summed E-state index contributed by atoms with van der Waals surface area (Å²) in [6.45, 7) is 0. The Hall–Kier alpha value is -3.11. The first-order valence-electron chi connectivity index (χ1n) is 9.25. The first-order chi connectivity index (χ1) is 15.2. The standard InChI is InChI=1S/C23H16Cl3N3O3/c1-29(20(30)11-21(31)32-2)23-14(12-27)9-18(13-3-5-15(24)6-4-13)22(28-23)17-8-7-16(25)10-19(17)26/h3-10H,11H2,1-2H3. The van der Waals surface area contributed by atoms with Crippen LogP contribution < -0.4 is 4.90 Å². The quantitative estimate of drug-likeness (QED) is 0.336. The van der Waals surface area contributed by atoms with Gasteiger partial charge in [-0.1, -0.05) is 46.9 Å². The van der Waals surface area contributed by atoms with E-state index in [9.17, 15) is 14.9 Å². The van der Waals surface area contributed by atoms with Crippen molar-refractivity contribution in [3.63, 3.8) is 0 Å². The molecule has 0 spiro atoms. The van der Waals surface area contributed by atoms with E-state index < -0.39 is 18.3 Å². The Balaban J connectivity index is 2.24. The molecule has 0 bridgehead atoms. The normalized spacial score (nSPS) is 10.4. The van der Waals surface area contributed by atoms with Crippen LogP contribution in [0.25, 0.3) is 22.4 Å². The first kappa shape index (κ1) is 23.6. The van der Waals surface area contributed by atoms with Crippen molar-refractivity contribution >= 4 is 52.5 Å². The Morgan fingerprint density at radius 3 is 2.28 bits per heavy atom. The summed E-state index contributed by atoms with van der Waals surface area (Å²) in [5, 5.41) is 11.1. The third kappa shape index (κ3) is 5.03. The lowest BCUT2D eigenvalue weighted by molar-refractivity contribution is -0.143. The summed E-state index contributed by atoms with van der Waals surface area (Å²) in [5.41, 5.74) is 2.49. The molecule has 0 radical (unpaired) electrons. The summed E-state index contributed by atoms with van der Waals surface area (Å²) < 4.78 is 4.56. The second-order valence-electron chi connectivity index (χ2n) is 6.70. The van der Waals surface area contributed by atoms with Crippen LogP contribution in [-0.2, 0) is 14.3 Å². The molecule has 6 nitrogen and oxygen atoms in total. The molecule has 162 valence electrons. The van der Waals surface area contributed by atoms with Gasteiger partial charge in [0.1, 0.15) is 12.5 Å². The molecule has 0 atom stereocenters. The van der Waals surface area contributed by atoms with E-state index >= 15 is 0 Å². The molecule has 0 saturated carbocycles. The number of nitriles is 1. The molecule has 0 aliphatic rings. The Morgan fingerprint density at radius 2 is 1.69 bits per heavy atom. The van der Waals surface area contributed by atoms with Crippen molar-refractivity contribution in [1.82, 2.24) is 4.98 Å². The second-order valence-corrected chi connectivity index (χ2v) is 7.98. The predicted molar refractivity (Wildman–Crippen MR) is 125 cm³/mol. The number of ether oxygens (including phenoxy) is 1. The van der Waals surface area contributed by atoms with Crippen LogP contribution in [0, 0.1) is 11.3 Å². The van der Waals surface area contributed by atoms with Crippen molar-refractivity contribution in [2.45, 2.75) is 6.42 Å². The van der Waals surface area contributed by atoms with Gasteiger partial charge in [-0.05, 0) is 42.0 Å². The molecular formula is C23H16Cl3N3O3. The van der Waals surface area contributed by atoms with Gasteiger partial charge in [0.05, 0.1) is 23.4 Å². The highest BCUT2D eigenvalue weighted by Crippen LogP contribution is 2.39. The average molecular weight is 489 g/mol. The number of amides is 1. The molecule has 2 aromatic carbocycles. The molecule has 0 aliphatic heterocycles. The number of halogens is 3. The van der Waals surface area contributed by atoms with Gasteiger partial charge < -0.3 is 4.74 Å². The fourth-order valence-electron chi connectivity index (χ4n) is 3.01. The van der Waals surface area contributed by atoms with Crippen LogP contribution in [0.5, 0.6) is 0 Å². The molecule has 0 N–H and O–H groups in total. The fourth-order valence-corrected chi connectivity index (χ4v) is 3.63. The van der Waals surface area contributed by atoms with Crippen LogP contribution in [0.2, 0.25) is 15.1 Å². The molecular weight excluding hydrogens is 473 g/mol. The van der Waals surface area contributed by atoms with E-state index in [1.54, 1.807) is 48.5 Å². The Morgan fingerprint density at radius 1 is 1.03 bits per heavy atom. The van der Waals surface area contributed by atoms with Gasteiger partial charge in [-0.3, -0.25) is 14.5 Å². The Labute approximate surface area is 199 Å². The van der Waals surface area contributed by atoms with E-state index in [2.05, 4.69) is 15.8 Å². The minimum absolute atomic E-state index is 0.0835. The highest BCUT2D eigenvalue weighted by molar-refractivity contribution is 6.36. The zero-order valence-electron chi connectivity index (χ0n) is 17.0. The van der Waals surface area contributed by atoms with Gasteiger partial charge in [0.15, 0.2) is 5.82 Å². The second kappa shape index (κ2) is 10.0. The maximum absolute atomic E-state index is 12.6. The van der Waals surface area contributed by atoms with Gasteiger partial charge in [0.2, 0.25) is 5.91 Å². The van der Waals surface area contributed by atoms with Crippen molar-refractivity contribution in [3.8, 4) is 28.5 Å². The SMILES string of the molecule is COC(=O)CC(=O)N(C)c1nc(-c2ccc(Cl)cc2Cl)c(-c2ccc(Cl)cc2)cc1C#N. The van der Waals surface area contributed by atoms with Crippen LogP contribution in [0.4, 0.5) is 5.82 Å². The molecule has 0 aliphatic carbocycles. The Bertz CT molecular complexity index is 1240. The van der Waals surface area contributed by atoms with Crippen LogP contribution in [0.3, 0.4) is 0 Å². The molecule has 1 heterocycles. The molecule has 0 saturated heterocycles. The summed E-state index contributed by atoms with van der Waals surface area (Å²) >= 11 is 18.5. The lowest BCUT2D eigenvalue weighted by Crippen LogP contribution is -2.30. The summed E-state index contributed by atoms with van der Waals surface area (Å²) in [4.78, 5) is 29.9. The maximum Gasteiger partial charge on any atom is 0.315 e. The summed E-state index contributed by atoms with van der Waals surface area (Å²) in [6.07, 6.45) is -0.491. The molecule has 0 unspecified atom stereocenters. The number of hydrogen-bond donors (Lipinski definition) is 0. The van der Waals surface area contributed by atoms with Gasteiger partial charge in [-0.2, -0.15) is 5.26 Å².